The molecule has 7 atom stereocenters. The summed E-state index contributed by atoms with van der Waals surface area (Å²) in [6.07, 6.45) is 11.7. The van der Waals surface area contributed by atoms with E-state index < -0.39 is 6.67 Å². The summed E-state index contributed by atoms with van der Waals surface area (Å²) in [4.78, 5) is 19.2. The molecule has 0 N–H and O–H groups in total. The molecule has 7 rings (SSSR count). The fourth-order valence-corrected chi connectivity index (χ4v) is 11.2. The molecule has 6 nitrogen and oxygen atoms in total. The van der Waals surface area contributed by atoms with Gasteiger partial charge in [0, 0.05) is 16.9 Å². The predicted molar refractivity (Wildman–Crippen MR) is 148 cm³/mol. The Morgan fingerprint density at radius 1 is 1.00 bits per heavy atom. The Bertz CT molecular complexity index is 1420. The van der Waals surface area contributed by atoms with Gasteiger partial charge in [0.25, 0.3) is 0 Å². The van der Waals surface area contributed by atoms with Gasteiger partial charge in [-0.25, -0.2) is 4.39 Å². The highest BCUT2D eigenvalue weighted by Gasteiger charge is 2.70. The third kappa shape index (κ3) is 3.10. The van der Waals surface area contributed by atoms with Crippen molar-refractivity contribution in [3.05, 3.63) is 40.9 Å². The van der Waals surface area contributed by atoms with Gasteiger partial charge >= 0.3 is 0 Å². The number of nitrogens with zero attached hydrogens (tertiary/aromatic N) is 3. The molecule has 0 bridgehead atoms. The molecule has 7 heteroatoms. The first-order valence-electron chi connectivity index (χ1n) is 15.3. The van der Waals surface area contributed by atoms with Crippen molar-refractivity contribution in [3.8, 4) is 0 Å². The van der Waals surface area contributed by atoms with E-state index in [9.17, 15) is 9.18 Å². The second-order valence-electron chi connectivity index (χ2n) is 16.1. The molecule has 3 saturated carbocycles. The summed E-state index contributed by atoms with van der Waals surface area (Å²) in [5.41, 5.74) is 1.70. The molecule has 0 radical (unpaired) electrons. The number of fused-ring (bicyclic) bond motifs is 8. The zero-order valence-corrected chi connectivity index (χ0v) is 25.2. The molecule has 216 valence electrons. The molecule has 5 aliphatic rings. The van der Waals surface area contributed by atoms with Crippen LogP contribution in [0.5, 0.6) is 0 Å². The molecular weight excluding hydrogens is 505 g/mol. The molecule has 40 heavy (non-hydrogen) atoms. The van der Waals surface area contributed by atoms with Crippen LogP contribution in [0.25, 0.3) is 0 Å². The molecule has 0 amide bonds. The monoisotopic (exact) mass is 549 g/mol. The van der Waals surface area contributed by atoms with Gasteiger partial charge in [-0.1, -0.05) is 64.4 Å². The van der Waals surface area contributed by atoms with Crippen molar-refractivity contribution in [3.63, 3.8) is 0 Å². The van der Waals surface area contributed by atoms with Crippen molar-refractivity contribution in [1.29, 1.82) is 0 Å². The Morgan fingerprint density at radius 2 is 1.75 bits per heavy atom. The molecule has 2 heterocycles. The molecule has 0 spiro atoms. The highest BCUT2D eigenvalue weighted by molar-refractivity contribution is 5.95. The van der Waals surface area contributed by atoms with E-state index in [4.69, 9.17) is 9.05 Å². The van der Waals surface area contributed by atoms with Gasteiger partial charge in [0.05, 0.1) is 11.6 Å². The Morgan fingerprint density at radius 3 is 2.48 bits per heavy atom. The minimum absolute atomic E-state index is 0.0861. The van der Waals surface area contributed by atoms with Crippen LogP contribution in [0.2, 0.25) is 0 Å². The topological polar surface area (TPSA) is 82.0 Å². The van der Waals surface area contributed by atoms with E-state index in [1.165, 1.54) is 11.1 Å². The number of rotatable bonds is 2. The highest BCUT2D eigenvalue weighted by Crippen LogP contribution is 2.74. The van der Waals surface area contributed by atoms with Crippen molar-refractivity contribution in [1.82, 2.24) is 15.3 Å². The van der Waals surface area contributed by atoms with E-state index >= 15 is 0 Å². The molecule has 2 aromatic heterocycles. The van der Waals surface area contributed by atoms with Crippen molar-refractivity contribution >= 4 is 5.78 Å². The Kier molecular flexibility index (Phi) is 5.28. The van der Waals surface area contributed by atoms with Gasteiger partial charge in [0.2, 0.25) is 11.7 Å². The third-order valence-corrected chi connectivity index (χ3v) is 13.3. The van der Waals surface area contributed by atoms with Gasteiger partial charge < -0.3 is 9.05 Å². The Hall–Kier alpha value is -2.31. The lowest BCUT2D eigenvalue weighted by atomic mass is 9.34. The van der Waals surface area contributed by atoms with Crippen LogP contribution >= 0.6 is 0 Å². The molecule has 3 fully saturated rings. The zero-order chi connectivity index (χ0) is 28.5. The normalized spacial score (nSPS) is 43.0. The van der Waals surface area contributed by atoms with E-state index in [0.717, 1.165) is 57.1 Å². The fraction of sp³-hybridized carbons (Fsp3) is 0.758. The molecule has 2 aromatic rings. The molecule has 5 aliphatic carbocycles. The van der Waals surface area contributed by atoms with Gasteiger partial charge in [-0.2, -0.15) is 4.98 Å². The summed E-state index contributed by atoms with van der Waals surface area (Å²) in [6, 6.07) is 0. The van der Waals surface area contributed by atoms with E-state index in [-0.39, 0.29) is 55.9 Å². The average Bonchev–Trinajstić information content (AvgIpc) is 3.55. The van der Waals surface area contributed by atoms with E-state index in [0.29, 0.717) is 11.8 Å². The van der Waals surface area contributed by atoms with Gasteiger partial charge in [-0.3, -0.25) is 4.79 Å². The maximum absolute atomic E-state index is 14.7. The number of aromatic nitrogens is 3. The van der Waals surface area contributed by atoms with Crippen molar-refractivity contribution in [2.45, 2.75) is 117 Å². The number of hydrogen-bond acceptors (Lipinski definition) is 6. The largest absolute Gasteiger partial charge is 0.361 e. The van der Waals surface area contributed by atoms with Crippen LogP contribution in [0.15, 0.2) is 26.9 Å². The smallest absolute Gasteiger partial charge is 0.233 e. The van der Waals surface area contributed by atoms with E-state index in [1.807, 2.05) is 6.20 Å². The molecule has 0 aromatic carbocycles. The number of halogens is 1. The SMILES string of the molecule is CC1(C)CC[C@]2(c3nc(CF)no3)CC[C@]3(C)[C@H](C(=O)C=C4[C@@]5(C)Cc6cnoc6C(C)(C)[C@@H]5CC[C@]43C)[C@@H]2C1. The van der Waals surface area contributed by atoms with Gasteiger partial charge in [0.15, 0.2) is 12.5 Å². The highest BCUT2D eigenvalue weighted by atomic mass is 19.1. The van der Waals surface area contributed by atoms with Crippen LogP contribution in [-0.4, -0.2) is 21.1 Å². The number of carbonyl (C=O) groups excluding carboxylic acids is 1. The Labute approximate surface area is 236 Å². The summed E-state index contributed by atoms with van der Waals surface area (Å²) in [7, 11) is 0. The summed E-state index contributed by atoms with van der Waals surface area (Å²) in [6.45, 7) is 15.8. The molecule has 0 aliphatic heterocycles. The van der Waals surface area contributed by atoms with Crippen LogP contribution in [0, 0.1) is 39.4 Å². The van der Waals surface area contributed by atoms with Gasteiger partial charge in [-0.15, -0.1) is 0 Å². The number of hydrogen-bond donors (Lipinski definition) is 0. The standard InChI is InChI=1S/C33H44FN3O3/c1-28(2)10-12-33(27-36-24(17-34)37-40-27)13-11-32(7)25(20(33)16-28)21(38)14-23-30(5)15-19-18-35-39-26(19)29(3,4)22(30)8-9-31(23,32)6/h14,18,20,22,25H,8-13,15-17H2,1-7H3/t20-,22-,25-,30-,31+,32+,33-/m0/s1. The number of ketones is 1. The van der Waals surface area contributed by atoms with Crippen molar-refractivity contribution in [2.24, 2.45) is 39.4 Å². The maximum atomic E-state index is 14.7. The predicted octanol–water partition coefficient (Wildman–Crippen LogP) is 7.47. The first kappa shape index (κ1) is 26.6. The minimum Gasteiger partial charge on any atom is -0.361 e. The lowest BCUT2D eigenvalue weighted by Crippen LogP contribution is -2.66. The lowest BCUT2D eigenvalue weighted by molar-refractivity contribution is -0.161. The maximum Gasteiger partial charge on any atom is 0.233 e. The first-order valence-corrected chi connectivity index (χ1v) is 15.3. The van der Waals surface area contributed by atoms with Crippen LogP contribution in [-0.2, 0) is 28.7 Å². The quantitative estimate of drug-likeness (QED) is 0.386. The van der Waals surface area contributed by atoms with Crippen molar-refractivity contribution in [2.75, 3.05) is 0 Å². The van der Waals surface area contributed by atoms with Crippen LogP contribution in [0.4, 0.5) is 4.39 Å². The lowest BCUT2D eigenvalue weighted by Gasteiger charge is -2.69. The Balaban J connectivity index is 1.38. The number of alkyl halides is 1. The van der Waals surface area contributed by atoms with Crippen LogP contribution in [0.1, 0.15) is 116 Å². The molecule has 0 saturated heterocycles. The van der Waals surface area contributed by atoms with E-state index in [1.54, 1.807) is 0 Å². The zero-order valence-electron chi connectivity index (χ0n) is 25.2. The number of allylic oxidation sites excluding steroid dienone is 2. The summed E-state index contributed by atoms with van der Waals surface area (Å²) < 4.78 is 25.1. The fourth-order valence-electron chi connectivity index (χ4n) is 11.2. The summed E-state index contributed by atoms with van der Waals surface area (Å²) in [5.74, 6) is 2.29. The van der Waals surface area contributed by atoms with E-state index in [2.05, 4.69) is 69.8 Å². The van der Waals surface area contributed by atoms with Crippen LogP contribution < -0.4 is 0 Å². The number of carbonyl (C=O) groups is 1. The second-order valence-corrected chi connectivity index (χ2v) is 16.1. The van der Waals surface area contributed by atoms with Gasteiger partial charge in [-0.05, 0) is 90.9 Å². The molecular formula is C33H44FN3O3. The summed E-state index contributed by atoms with van der Waals surface area (Å²) >= 11 is 0. The molecule has 0 unspecified atom stereocenters. The second kappa shape index (κ2) is 7.95. The summed E-state index contributed by atoms with van der Waals surface area (Å²) in [5, 5.41) is 8.16. The third-order valence-electron chi connectivity index (χ3n) is 13.3. The average molecular weight is 550 g/mol. The minimum atomic E-state index is -0.732. The van der Waals surface area contributed by atoms with Crippen molar-refractivity contribution < 1.29 is 18.2 Å². The van der Waals surface area contributed by atoms with Crippen LogP contribution in [0.3, 0.4) is 0 Å². The first-order chi connectivity index (χ1) is 18.7. The van der Waals surface area contributed by atoms with Gasteiger partial charge in [0.1, 0.15) is 5.76 Å².